The van der Waals surface area contributed by atoms with Crippen LogP contribution in [-0.2, 0) is 4.74 Å². The van der Waals surface area contributed by atoms with Crippen LogP contribution in [0.15, 0.2) is 24.3 Å². The van der Waals surface area contributed by atoms with Gasteiger partial charge in [-0.1, -0.05) is 12.1 Å². The van der Waals surface area contributed by atoms with Crippen LogP contribution in [0, 0.1) is 5.82 Å². The number of ketones is 1. The molecule has 0 N–H and O–H groups in total. The SMILES string of the molecule is CC1CN(CCC(=O)c2ccccc2F)CC(C)O1. The Morgan fingerprint density at radius 3 is 2.58 bits per heavy atom. The number of Topliss-reactive ketones (excluding diaryl/α,β-unsaturated/α-hetero) is 1. The Labute approximate surface area is 113 Å². The van der Waals surface area contributed by atoms with E-state index in [0.717, 1.165) is 13.1 Å². The molecule has 2 atom stereocenters. The zero-order chi connectivity index (χ0) is 13.8. The fraction of sp³-hybridized carbons (Fsp3) is 0.533. The van der Waals surface area contributed by atoms with Crippen LogP contribution >= 0.6 is 0 Å². The van der Waals surface area contributed by atoms with Crippen LogP contribution in [0.25, 0.3) is 0 Å². The summed E-state index contributed by atoms with van der Waals surface area (Å²) in [6, 6.07) is 6.15. The van der Waals surface area contributed by atoms with Crippen LogP contribution in [0.1, 0.15) is 30.6 Å². The van der Waals surface area contributed by atoms with E-state index in [1.54, 1.807) is 18.2 Å². The van der Waals surface area contributed by atoms with Gasteiger partial charge in [0.25, 0.3) is 0 Å². The number of hydrogen-bond acceptors (Lipinski definition) is 3. The van der Waals surface area contributed by atoms with E-state index in [-0.39, 0.29) is 23.6 Å². The highest BCUT2D eigenvalue weighted by atomic mass is 19.1. The Hall–Kier alpha value is -1.26. The first-order valence-corrected chi connectivity index (χ1v) is 6.72. The van der Waals surface area contributed by atoms with E-state index in [2.05, 4.69) is 4.90 Å². The molecule has 19 heavy (non-hydrogen) atoms. The van der Waals surface area contributed by atoms with Gasteiger partial charge in [0.2, 0.25) is 0 Å². The zero-order valence-electron chi connectivity index (χ0n) is 11.4. The molecule has 1 aliphatic heterocycles. The van der Waals surface area contributed by atoms with Crippen molar-refractivity contribution in [2.24, 2.45) is 0 Å². The molecule has 3 nitrogen and oxygen atoms in total. The van der Waals surface area contributed by atoms with Crippen molar-refractivity contribution >= 4 is 5.78 Å². The van der Waals surface area contributed by atoms with Crippen molar-refractivity contribution < 1.29 is 13.9 Å². The van der Waals surface area contributed by atoms with Gasteiger partial charge in [-0.05, 0) is 26.0 Å². The van der Waals surface area contributed by atoms with Gasteiger partial charge < -0.3 is 4.74 Å². The van der Waals surface area contributed by atoms with Gasteiger partial charge in [-0.15, -0.1) is 0 Å². The summed E-state index contributed by atoms with van der Waals surface area (Å²) in [7, 11) is 0. The summed E-state index contributed by atoms with van der Waals surface area (Å²) in [6.45, 7) is 6.37. The second-order valence-electron chi connectivity index (χ2n) is 5.17. The van der Waals surface area contributed by atoms with Crippen LogP contribution in [0.4, 0.5) is 4.39 Å². The predicted molar refractivity (Wildman–Crippen MR) is 71.8 cm³/mol. The first kappa shape index (κ1) is 14.2. The van der Waals surface area contributed by atoms with Gasteiger partial charge in [0, 0.05) is 26.1 Å². The number of halogens is 1. The molecule has 1 saturated heterocycles. The molecule has 0 amide bonds. The molecule has 0 radical (unpaired) electrons. The van der Waals surface area contributed by atoms with Crippen molar-refractivity contribution in [1.29, 1.82) is 0 Å². The van der Waals surface area contributed by atoms with Gasteiger partial charge in [0.05, 0.1) is 17.8 Å². The zero-order valence-corrected chi connectivity index (χ0v) is 11.4. The highest BCUT2D eigenvalue weighted by molar-refractivity contribution is 5.96. The summed E-state index contributed by atoms with van der Waals surface area (Å²) in [5, 5.41) is 0. The number of morpholine rings is 1. The van der Waals surface area contributed by atoms with E-state index < -0.39 is 5.82 Å². The summed E-state index contributed by atoms with van der Waals surface area (Å²) in [4.78, 5) is 14.2. The van der Waals surface area contributed by atoms with Crippen molar-refractivity contribution in [2.75, 3.05) is 19.6 Å². The highest BCUT2D eigenvalue weighted by Gasteiger charge is 2.22. The first-order valence-electron chi connectivity index (χ1n) is 6.72. The lowest BCUT2D eigenvalue weighted by Gasteiger charge is -2.35. The Balaban J connectivity index is 1.89. The topological polar surface area (TPSA) is 29.5 Å². The third-order valence-corrected chi connectivity index (χ3v) is 3.32. The van der Waals surface area contributed by atoms with Gasteiger partial charge in [-0.25, -0.2) is 4.39 Å². The van der Waals surface area contributed by atoms with Crippen molar-refractivity contribution in [3.05, 3.63) is 35.6 Å². The predicted octanol–water partition coefficient (Wildman–Crippen LogP) is 2.51. The average Bonchev–Trinajstić information content (AvgIpc) is 2.35. The minimum atomic E-state index is -0.434. The lowest BCUT2D eigenvalue weighted by Crippen LogP contribution is -2.46. The molecule has 0 bridgehead atoms. The molecule has 1 heterocycles. The summed E-state index contributed by atoms with van der Waals surface area (Å²) in [6.07, 6.45) is 0.722. The van der Waals surface area contributed by atoms with E-state index >= 15 is 0 Å². The molecular weight excluding hydrogens is 245 g/mol. The van der Waals surface area contributed by atoms with Gasteiger partial charge in [-0.3, -0.25) is 9.69 Å². The smallest absolute Gasteiger partial charge is 0.167 e. The molecule has 0 aliphatic carbocycles. The molecule has 2 rings (SSSR count). The standard InChI is InChI=1S/C15H20FNO2/c1-11-9-17(10-12(2)19-11)8-7-15(18)13-5-3-4-6-14(13)16/h3-6,11-12H,7-10H2,1-2H3. The Bertz CT molecular complexity index is 440. The van der Waals surface area contributed by atoms with Crippen LogP contribution in [-0.4, -0.2) is 42.5 Å². The first-order chi connectivity index (χ1) is 9.06. The minimum Gasteiger partial charge on any atom is -0.373 e. The molecule has 4 heteroatoms. The fourth-order valence-electron chi connectivity index (χ4n) is 2.55. The second-order valence-corrected chi connectivity index (χ2v) is 5.17. The highest BCUT2D eigenvalue weighted by Crippen LogP contribution is 2.13. The third-order valence-electron chi connectivity index (χ3n) is 3.32. The number of rotatable bonds is 4. The molecule has 104 valence electrons. The van der Waals surface area contributed by atoms with E-state index in [0.29, 0.717) is 13.0 Å². The lowest BCUT2D eigenvalue weighted by atomic mass is 10.1. The molecular formula is C15H20FNO2. The van der Waals surface area contributed by atoms with Gasteiger partial charge in [0.1, 0.15) is 5.82 Å². The van der Waals surface area contributed by atoms with Gasteiger partial charge in [0.15, 0.2) is 5.78 Å². The molecule has 2 unspecified atom stereocenters. The number of benzene rings is 1. The minimum absolute atomic E-state index is 0.134. The monoisotopic (exact) mass is 265 g/mol. The summed E-state index contributed by atoms with van der Waals surface area (Å²) < 4.78 is 19.1. The van der Waals surface area contributed by atoms with Crippen LogP contribution in [0.5, 0.6) is 0 Å². The van der Waals surface area contributed by atoms with Crippen molar-refractivity contribution in [2.45, 2.75) is 32.5 Å². The molecule has 0 aromatic heterocycles. The van der Waals surface area contributed by atoms with E-state index in [4.69, 9.17) is 4.74 Å². The van der Waals surface area contributed by atoms with Crippen molar-refractivity contribution in [3.8, 4) is 0 Å². The Morgan fingerprint density at radius 2 is 1.95 bits per heavy atom. The number of carbonyl (C=O) groups excluding carboxylic acids is 1. The Morgan fingerprint density at radius 1 is 1.32 bits per heavy atom. The normalized spacial score (nSPS) is 24.4. The number of ether oxygens (including phenoxy) is 1. The quantitative estimate of drug-likeness (QED) is 0.783. The van der Waals surface area contributed by atoms with Gasteiger partial charge in [-0.2, -0.15) is 0 Å². The van der Waals surface area contributed by atoms with Crippen LogP contribution in [0.2, 0.25) is 0 Å². The maximum absolute atomic E-state index is 13.5. The molecule has 1 aliphatic rings. The fourth-order valence-corrected chi connectivity index (χ4v) is 2.55. The third kappa shape index (κ3) is 3.85. The summed E-state index contributed by atoms with van der Waals surface area (Å²) in [5.74, 6) is -0.568. The van der Waals surface area contributed by atoms with E-state index in [1.807, 2.05) is 13.8 Å². The molecule has 0 spiro atoms. The number of hydrogen-bond donors (Lipinski definition) is 0. The number of carbonyl (C=O) groups is 1. The van der Waals surface area contributed by atoms with E-state index in [1.165, 1.54) is 6.07 Å². The second kappa shape index (κ2) is 6.26. The molecule has 0 saturated carbocycles. The molecule has 1 aromatic rings. The molecule has 1 aromatic carbocycles. The van der Waals surface area contributed by atoms with E-state index in [9.17, 15) is 9.18 Å². The summed E-state index contributed by atoms with van der Waals surface area (Å²) in [5.41, 5.74) is 0.192. The van der Waals surface area contributed by atoms with Crippen molar-refractivity contribution in [1.82, 2.24) is 4.90 Å². The average molecular weight is 265 g/mol. The number of nitrogens with zero attached hydrogens (tertiary/aromatic N) is 1. The maximum atomic E-state index is 13.5. The van der Waals surface area contributed by atoms with Crippen LogP contribution in [0.3, 0.4) is 0 Å². The largest absolute Gasteiger partial charge is 0.373 e. The maximum Gasteiger partial charge on any atom is 0.167 e. The van der Waals surface area contributed by atoms with Crippen LogP contribution < -0.4 is 0 Å². The summed E-state index contributed by atoms with van der Waals surface area (Å²) >= 11 is 0. The molecule has 1 fully saturated rings. The Kier molecular flexibility index (Phi) is 4.66. The lowest BCUT2D eigenvalue weighted by molar-refractivity contribution is -0.0675. The van der Waals surface area contributed by atoms with Gasteiger partial charge >= 0.3 is 0 Å². The van der Waals surface area contributed by atoms with Crippen molar-refractivity contribution in [3.63, 3.8) is 0 Å².